The van der Waals surface area contributed by atoms with Crippen molar-refractivity contribution in [1.82, 2.24) is 4.98 Å². The lowest BCUT2D eigenvalue weighted by atomic mass is 10.1. The molecular weight excluding hydrogens is 344 g/mol. The fourth-order valence-corrected chi connectivity index (χ4v) is 3.25. The minimum atomic E-state index is -0.256. The van der Waals surface area contributed by atoms with Crippen molar-refractivity contribution >= 4 is 34.5 Å². The number of hydrogen-bond acceptors (Lipinski definition) is 4. The summed E-state index contributed by atoms with van der Waals surface area (Å²) in [5, 5.41) is 15.6. The Morgan fingerprint density at radius 2 is 2.12 bits per heavy atom. The van der Waals surface area contributed by atoms with Gasteiger partial charge in [-0.1, -0.05) is 35.4 Å². The Bertz CT molecular complexity index is 892. The molecule has 2 N–H and O–H groups in total. The third-order valence-corrected chi connectivity index (χ3v) is 4.57. The molecule has 0 aliphatic carbocycles. The molecule has 0 aliphatic heterocycles. The zero-order chi connectivity index (χ0) is 17.1. The van der Waals surface area contributed by atoms with Crippen LogP contribution in [0.4, 0.5) is 5.69 Å². The highest BCUT2D eigenvalue weighted by molar-refractivity contribution is 7.13. The molecule has 0 unspecified atom stereocenters. The van der Waals surface area contributed by atoms with Crippen LogP contribution in [0, 0.1) is 6.92 Å². The van der Waals surface area contributed by atoms with Crippen molar-refractivity contribution in [3.8, 4) is 16.3 Å². The smallest absolute Gasteiger partial charge is 0.230 e. The number of nitrogens with one attached hydrogen (secondary N) is 1. The number of hydrogen-bond donors (Lipinski definition) is 2. The lowest BCUT2D eigenvalue weighted by molar-refractivity contribution is -0.115. The van der Waals surface area contributed by atoms with Gasteiger partial charge in [0.15, 0.2) is 0 Å². The van der Waals surface area contributed by atoms with Gasteiger partial charge in [0, 0.05) is 16.0 Å². The average Bonchev–Trinajstić information content (AvgIpc) is 2.99. The minimum absolute atomic E-state index is 0.0218. The lowest BCUT2D eigenvalue weighted by Gasteiger charge is -2.06. The van der Waals surface area contributed by atoms with Gasteiger partial charge in [-0.15, -0.1) is 11.3 Å². The number of carbonyl (C=O) groups excluding carboxylic acids is 1. The molecule has 4 nitrogen and oxygen atoms in total. The highest BCUT2D eigenvalue weighted by Gasteiger charge is 2.11. The second-order valence-corrected chi connectivity index (χ2v) is 6.69. The summed E-state index contributed by atoms with van der Waals surface area (Å²) < 4.78 is 0. The fourth-order valence-electron chi connectivity index (χ4n) is 2.27. The van der Waals surface area contributed by atoms with Crippen LogP contribution in [-0.4, -0.2) is 16.0 Å². The first kappa shape index (κ1) is 16.5. The van der Waals surface area contributed by atoms with Gasteiger partial charge in [-0.05, 0) is 31.2 Å². The number of benzene rings is 2. The normalized spacial score (nSPS) is 10.6. The largest absolute Gasteiger partial charge is 0.506 e. The number of aromatic nitrogens is 1. The summed E-state index contributed by atoms with van der Waals surface area (Å²) in [5.41, 5.74) is 3.19. The summed E-state index contributed by atoms with van der Waals surface area (Å²) in [5.74, 6) is -0.278. The number of nitrogens with zero attached hydrogens (tertiary/aromatic N) is 1. The van der Waals surface area contributed by atoms with E-state index in [-0.39, 0.29) is 18.1 Å². The Morgan fingerprint density at radius 3 is 2.92 bits per heavy atom. The van der Waals surface area contributed by atoms with Gasteiger partial charge in [-0.2, -0.15) is 0 Å². The van der Waals surface area contributed by atoms with E-state index in [1.54, 1.807) is 6.07 Å². The maximum Gasteiger partial charge on any atom is 0.230 e. The van der Waals surface area contributed by atoms with Gasteiger partial charge in [0.25, 0.3) is 0 Å². The van der Waals surface area contributed by atoms with Gasteiger partial charge in [0.1, 0.15) is 10.8 Å². The second-order valence-electron chi connectivity index (χ2n) is 5.40. The first-order valence-electron chi connectivity index (χ1n) is 7.31. The monoisotopic (exact) mass is 358 g/mol. The number of rotatable bonds is 4. The SMILES string of the molecule is Cc1cccc(-c2nc(CC(=O)Nc3cc(Cl)ccc3O)cs2)c1. The first-order valence-corrected chi connectivity index (χ1v) is 8.57. The van der Waals surface area contributed by atoms with Crippen LogP contribution in [0.2, 0.25) is 5.02 Å². The number of anilines is 1. The van der Waals surface area contributed by atoms with Crippen LogP contribution < -0.4 is 5.32 Å². The van der Waals surface area contributed by atoms with Crippen LogP contribution in [0.5, 0.6) is 5.75 Å². The van der Waals surface area contributed by atoms with Crippen molar-refractivity contribution in [2.24, 2.45) is 0 Å². The molecule has 122 valence electrons. The van der Waals surface area contributed by atoms with E-state index in [0.29, 0.717) is 16.4 Å². The van der Waals surface area contributed by atoms with Gasteiger partial charge in [-0.25, -0.2) is 4.98 Å². The summed E-state index contributed by atoms with van der Waals surface area (Å²) >= 11 is 7.37. The number of thiazole rings is 1. The standard InChI is InChI=1S/C18H15ClN2O2S/c1-11-3-2-4-12(7-11)18-20-14(10-24-18)9-17(23)21-15-8-13(19)5-6-16(15)22/h2-8,10,22H,9H2,1H3,(H,21,23). The topological polar surface area (TPSA) is 62.2 Å². The fraction of sp³-hybridized carbons (Fsp3) is 0.111. The molecule has 1 aromatic heterocycles. The van der Waals surface area contributed by atoms with E-state index in [4.69, 9.17) is 11.6 Å². The maximum atomic E-state index is 12.1. The molecule has 24 heavy (non-hydrogen) atoms. The molecule has 0 aliphatic rings. The van der Waals surface area contributed by atoms with Crippen LogP contribution in [0.25, 0.3) is 10.6 Å². The lowest BCUT2D eigenvalue weighted by Crippen LogP contribution is -2.14. The third kappa shape index (κ3) is 3.93. The molecule has 3 aromatic rings. The summed E-state index contributed by atoms with van der Waals surface area (Å²) in [4.78, 5) is 16.7. The molecule has 0 saturated carbocycles. The number of carbonyl (C=O) groups is 1. The van der Waals surface area contributed by atoms with Crippen LogP contribution in [0.3, 0.4) is 0 Å². The Hall–Kier alpha value is -2.37. The van der Waals surface area contributed by atoms with Gasteiger partial charge in [-0.3, -0.25) is 4.79 Å². The second kappa shape index (κ2) is 7.03. The molecule has 1 heterocycles. The van der Waals surface area contributed by atoms with Crippen molar-refractivity contribution in [2.45, 2.75) is 13.3 Å². The summed E-state index contributed by atoms with van der Waals surface area (Å²) in [6.45, 7) is 2.03. The van der Waals surface area contributed by atoms with E-state index in [2.05, 4.69) is 16.4 Å². The molecule has 2 aromatic carbocycles. The van der Waals surface area contributed by atoms with Crippen LogP contribution in [-0.2, 0) is 11.2 Å². The van der Waals surface area contributed by atoms with Gasteiger partial charge < -0.3 is 10.4 Å². The average molecular weight is 359 g/mol. The van der Waals surface area contributed by atoms with E-state index >= 15 is 0 Å². The first-order chi connectivity index (χ1) is 11.5. The molecule has 0 saturated heterocycles. The predicted molar refractivity (Wildman–Crippen MR) is 97.7 cm³/mol. The van der Waals surface area contributed by atoms with E-state index in [0.717, 1.165) is 10.6 Å². The van der Waals surface area contributed by atoms with Gasteiger partial charge >= 0.3 is 0 Å². The quantitative estimate of drug-likeness (QED) is 0.667. The molecule has 0 fully saturated rings. The zero-order valence-electron chi connectivity index (χ0n) is 12.9. The molecule has 3 rings (SSSR count). The molecule has 1 amide bonds. The van der Waals surface area contributed by atoms with Crippen LogP contribution in [0.1, 0.15) is 11.3 Å². The number of phenols is 1. The van der Waals surface area contributed by atoms with E-state index in [1.165, 1.54) is 29.0 Å². The highest BCUT2D eigenvalue weighted by Crippen LogP contribution is 2.27. The van der Waals surface area contributed by atoms with Gasteiger partial charge in [0.2, 0.25) is 5.91 Å². The summed E-state index contributed by atoms with van der Waals surface area (Å²) in [6, 6.07) is 12.6. The van der Waals surface area contributed by atoms with Crippen molar-refractivity contribution in [1.29, 1.82) is 0 Å². The van der Waals surface area contributed by atoms with E-state index in [1.807, 2.05) is 30.5 Å². The van der Waals surface area contributed by atoms with Crippen LogP contribution >= 0.6 is 22.9 Å². The summed E-state index contributed by atoms with van der Waals surface area (Å²) in [7, 11) is 0. The molecule has 0 radical (unpaired) electrons. The molecule has 6 heteroatoms. The Balaban J connectivity index is 1.70. The Labute approximate surface area is 148 Å². The number of phenolic OH excluding ortho intramolecular Hbond substituents is 1. The van der Waals surface area contributed by atoms with Crippen LogP contribution in [0.15, 0.2) is 47.8 Å². The number of halogens is 1. The zero-order valence-corrected chi connectivity index (χ0v) is 14.5. The Morgan fingerprint density at radius 1 is 1.29 bits per heavy atom. The molecule has 0 spiro atoms. The predicted octanol–water partition coefficient (Wildman–Crippen LogP) is 4.66. The highest BCUT2D eigenvalue weighted by atomic mass is 35.5. The number of aryl methyl sites for hydroxylation is 1. The van der Waals surface area contributed by atoms with Crippen molar-refractivity contribution in [2.75, 3.05) is 5.32 Å². The molecular formula is C18H15ClN2O2S. The number of amides is 1. The van der Waals surface area contributed by atoms with Gasteiger partial charge in [0.05, 0.1) is 17.8 Å². The summed E-state index contributed by atoms with van der Waals surface area (Å²) in [6.07, 6.45) is 0.133. The molecule has 0 bridgehead atoms. The third-order valence-electron chi connectivity index (χ3n) is 3.39. The Kier molecular flexibility index (Phi) is 4.83. The van der Waals surface area contributed by atoms with E-state index in [9.17, 15) is 9.90 Å². The number of aromatic hydroxyl groups is 1. The molecule has 0 atom stereocenters. The van der Waals surface area contributed by atoms with Crippen molar-refractivity contribution in [3.05, 3.63) is 64.1 Å². The minimum Gasteiger partial charge on any atom is -0.506 e. The van der Waals surface area contributed by atoms with Crippen molar-refractivity contribution in [3.63, 3.8) is 0 Å². The van der Waals surface area contributed by atoms with E-state index < -0.39 is 0 Å². The van der Waals surface area contributed by atoms with Crippen molar-refractivity contribution < 1.29 is 9.90 Å². The maximum absolute atomic E-state index is 12.1.